The summed E-state index contributed by atoms with van der Waals surface area (Å²) in [5.41, 5.74) is 1.01. The highest BCUT2D eigenvalue weighted by molar-refractivity contribution is 7.90. The van der Waals surface area contributed by atoms with Crippen LogP contribution in [0.25, 0.3) is 0 Å². The van der Waals surface area contributed by atoms with Crippen molar-refractivity contribution in [1.82, 2.24) is 4.72 Å². The van der Waals surface area contributed by atoms with Gasteiger partial charge >= 0.3 is 0 Å². The van der Waals surface area contributed by atoms with Gasteiger partial charge in [0.25, 0.3) is 15.9 Å². The lowest BCUT2D eigenvalue weighted by atomic mass is 10.1. The zero-order chi connectivity index (χ0) is 18.6. The quantitative estimate of drug-likeness (QED) is 0.843. The van der Waals surface area contributed by atoms with Gasteiger partial charge in [0, 0.05) is 11.6 Å². The van der Waals surface area contributed by atoms with Crippen LogP contribution in [-0.4, -0.2) is 35.7 Å². The zero-order valence-electron chi connectivity index (χ0n) is 14.3. The Kier molecular flexibility index (Phi) is 5.53. The molecule has 1 N–H and O–H groups in total. The van der Waals surface area contributed by atoms with Gasteiger partial charge in [-0.3, -0.25) is 4.79 Å². The minimum atomic E-state index is -4.07. The molecule has 0 bridgehead atoms. The van der Waals surface area contributed by atoms with Gasteiger partial charge in [0.15, 0.2) is 11.5 Å². The number of aryl methyl sites for hydroxylation is 1. The molecule has 0 unspecified atom stereocenters. The number of amides is 1. The lowest BCUT2D eigenvalue weighted by molar-refractivity contribution is 0.0981. The van der Waals surface area contributed by atoms with E-state index < -0.39 is 15.9 Å². The Labute approximate surface area is 146 Å². The summed E-state index contributed by atoms with van der Waals surface area (Å²) < 4.78 is 42.2. The van der Waals surface area contributed by atoms with Crippen LogP contribution in [-0.2, 0) is 10.0 Å². The van der Waals surface area contributed by atoms with Gasteiger partial charge in [0.05, 0.1) is 26.2 Å². The highest BCUT2D eigenvalue weighted by atomic mass is 32.2. The molecule has 2 aromatic carbocycles. The van der Waals surface area contributed by atoms with Gasteiger partial charge in [-0.1, -0.05) is 6.07 Å². The molecule has 0 aliphatic heterocycles. The van der Waals surface area contributed by atoms with E-state index in [1.165, 1.54) is 51.7 Å². The van der Waals surface area contributed by atoms with Crippen LogP contribution >= 0.6 is 0 Å². The van der Waals surface area contributed by atoms with E-state index in [1.807, 2.05) is 11.6 Å². The largest absolute Gasteiger partial charge is 0.496 e. The molecule has 0 aromatic heterocycles. The number of benzene rings is 2. The molecule has 0 spiro atoms. The lowest BCUT2D eigenvalue weighted by Crippen LogP contribution is -2.30. The Morgan fingerprint density at radius 2 is 1.52 bits per heavy atom. The van der Waals surface area contributed by atoms with E-state index in [0.717, 1.165) is 5.56 Å². The van der Waals surface area contributed by atoms with Gasteiger partial charge < -0.3 is 14.2 Å². The number of ether oxygens (including phenoxy) is 3. The van der Waals surface area contributed by atoms with Crippen LogP contribution in [0, 0.1) is 6.92 Å². The molecule has 2 rings (SSSR count). The third-order valence-corrected chi connectivity index (χ3v) is 4.89. The number of sulfonamides is 1. The monoisotopic (exact) mass is 365 g/mol. The summed E-state index contributed by atoms with van der Waals surface area (Å²) in [6.45, 7) is 1.82. The molecule has 25 heavy (non-hydrogen) atoms. The SMILES string of the molecule is COc1cc(C(=O)NS(=O)(=O)c2ccc(OC)c(OC)c2)ccc1C. The first-order chi connectivity index (χ1) is 11.8. The van der Waals surface area contributed by atoms with Crippen molar-refractivity contribution < 1.29 is 27.4 Å². The Bertz CT molecular complexity index is 892. The third kappa shape index (κ3) is 4.03. The highest BCUT2D eigenvalue weighted by Crippen LogP contribution is 2.29. The van der Waals surface area contributed by atoms with Crippen LogP contribution in [0.2, 0.25) is 0 Å². The normalized spacial score (nSPS) is 10.9. The molecule has 1 amide bonds. The van der Waals surface area contributed by atoms with Gasteiger partial charge in [0.1, 0.15) is 5.75 Å². The molecule has 7 nitrogen and oxygen atoms in total. The van der Waals surface area contributed by atoms with Crippen LogP contribution in [0.1, 0.15) is 15.9 Å². The smallest absolute Gasteiger partial charge is 0.265 e. The molecular weight excluding hydrogens is 346 g/mol. The summed E-state index contributed by atoms with van der Waals surface area (Å²) in [6, 6.07) is 8.74. The topological polar surface area (TPSA) is 90.9 Å². The second-order valence-corrected chi connectivity index (χ2v) is 6.82. The van der Waals surface area contributed by atoms with Crippen molar-refractivity contribution in [2.24, 2.45) is 0 Å². The summed E-state index contributed by atoms with van der Waals surface area (Å²) in [5.74, 6) is 0.370. The maximum absolute atomic E-state index is 12.4. The number of methoxy groups -OCH3 is 3. The third-order valence-electron chi connectivity index (χ3n) is 3.56. The number of carbonyl (C=O) groups is 1. The molecule has 2 aromatic rings. The maximum atomic E-state index is 12.4. The van der Waals surface area contributed by atoms with Crippen LogP contribution in [0.15, 0.2) is 41.3 Å². The fraction of sp³-hybridized carbons (Fsp3) is 0.235. The van der Waals surface area contributed by atoms with Gasteiger partial charge in [-0.2, -0.15) is 0 Å². The highest BCUT2D eigenvalue weighted by Gasteiger charge is 2.21. The molecule has 0 saturated heterocycles. The number of hydrogen-bond donors (Lipinski definition) is 1. The minimum absolute atomic E-state index is 0.113. The van der Waals surface area contributed by atoms with Gasteiger partial charge in [-0.15, -0.1) is 0 Å². The summed E-state index contributed by atoms with van der Waals surface area (Å²) >= 11 is 0. The molecule has 0 radical (unpaired) electrons. The number of hydrogen-bond acceptors (Lipinski definition) is 6. The predicted octanol–water partition coefficient (Wildman–Crippen LogP) is 2.14. The number of carbonyl (C=O) groups excluding carboxylic acids is 1. The molecule has 134 valence electrons. The molecule has 0 aliphatic carbocycles. The van der Waals surface area contributed by atoms with E-state index in [0.29, 0.717) is 11.5 Å². The summed E-state index contributed by atoms with van der Waals surface area (Å²) in [6.07, 6.45) is 0. The van der Waals surface area contributed by atoms with E-state index in [4.69, 9.17) is 14.2 Å². The van der Waals surface area contributed by atoms with Crippen molar-refractivity contribution in [2.75, 3.05) is 21.3 Å². The van der Waals surface area contributed by atoms with E-state index in [1.54, 1.807) is 6.07 Å². The van der Waals surface area contributed by atoms with E-state index >= 15 is 0 Å². The summed E-state index contributed by atoms with van der Waals surface area (Å²) in [4.78, 5) is 12.2. The van der Waals surface area contributed by atoms with E-state index in [-0.39, 0.29) is 16.2 Å². The Hall–Kier alpha value is -2.74. The van der Waals surface area contributed by atoms with Crippen molar-refractivity contribution in [2.45, 2.75) is 11.8 Å². The average Bonchev–Trinajstić information content (AvgIpc) is 2.60. The molecule has 0 saturated carbocycles. The number of rotatable bonds is 6. The van der Waals surface area contributed by atoms with Crippen LogP contribution < -0.4 is 18.9 Å². The van der Waals surface area contributed by atoms with Crippen LogP contribution in [0.3, 0.4) is 0 Å². The van der Waals surface area contributed by atoms with Crippen LogP contribution in [0.5, 0.6) is 17.2 Å². The molecular formula is C17H19NO6S. The zero-order valence-corrected chi connectivity index (χ0v) is 15.1. The molecule has 0 fully saturated rings. The molecule has 8 heteroatoms. The fourth-order valence-corrected chi connectivity index (χ4v) is 3.17. The van der Waals surface area contributed by atoms with Crippen molar-refractivity contribution >= 4 is 15.9 Å². The Morgan fingerprint density at radius 3 is 2.12 bits per heavy atom. The first-order valence-electron chi connectivity index (χ1n) is 7.26. The predicted molar refractivity (Wildman–Crippen MR) is 91.9 cm³/mol. The fourth-order valence-electron chi connectivity index (χ4n) is 2.18. The maximum Gasteiger partial charge on any atom is 0.265 e. The lowest BCUT2D eigenvalue weighted by Gasteiger charge is -2.12. The van der Waals surface area contributed by atoms with Crippen LogP contribution in [0.4, 0.5) is 0 Å². The van der Waals surface area contributed by atoms with Crippen molar-refractivity contribution in [3.05, 3.63) is 47.5 Å². The van der Waals surface area contributed by atoms with Crippen molar-refractivity contribution in [3.8, 4) is 17.2 Å². The Morgan fingerprint density at radius 1 is 0.880 bits per heavy atom. The first kappa shape index (κ1) is 18.6. The van der Waals surface area contributed by atoms with Crippen molar-refractivity contribution in [3.63, 3.8) is 0 Å². The minimum Gasteiger partial charge on any atom is -0.496 e. The summed E-state index contributed by atoms with van der Waals surface area (Å²) in [5, 5.41) is 0. The molecule has 0 atom stereocenters. The van der Waals surface area contributed by atoms with E-state index in [2.05, 4.69) is 0 Å². The van der Waals surface area contributed by atoms with E-state index in [9.17, 15) is 13.2 Å². The van der Waals surface area contributed by atoms with Gasteiger partial charge in [0.2, 0.25) is 0 Å². The number of nitrogens with one attached hydrogen (secondary N) is 1. The Balaban J connectivity index is 2.30. The van der Waals surface area contributed by atoms with Gasteiger partial charge in [-0.25, -0.2) is 13.1 Å². The first-order valence-corrected chi connectivity index (χ1v) is 8.74. The second-order valence-electron chi connectivity index (χ2n) is 5.14. The molecule has 0 heterocycles. The average molecular weight is 365 g/mol. The second kappa shape index (κ2) is 7.43. The van der Waals surface area contributed by atoms with Crippen molar-refractivity contribution in [1.29, 1.82) is 0 Å². The summed E-state index contributed by atoms with van der Waals surface area (Å²) in [7, 11) is 0.243. The standard InChI is InChI=1S/C17H19NO6S/c1-11-5-6-12(9-15(11)23-3)17(19)18-25(20,21)13-7-8-14(22-2)16(10-13)24-4/h5-10H,1-4H3,(H,18,19). The molecule has 0 aliphatic rings. The van der Waals surface area contributed by atoms with Gasteiger partial charge in [-0.05, 0) is 36.8 Å².